The van der Waals surface area contributed by atoms with Crippen molar-refractivity contribution < 1.29 is 14.3 Å². The number of esters is 1. The average Bonchev–Trinajstić information content (AvgIpc) is 2.39. The van der Waals surface area contributed by atoms with Gasteiger partial charge in [0.15, 0.2) is 6.19 Å². The van der Waals surface area contributed by atoms with E-state index < -0.39 is 11.5 Å². The highest BCUT2D eigenvalue weighted by Gasteiger charge is 2.35. The molecular weight excluding hydrogens is 258 g/mol. The summed E-state index contributed by atoms with van der Waals surface area (Å²) in [6.45, 7) is 2.96. The number of nitriles is 1. The Morgan fingerprint density at radius 1 is 1.35 bits per heavy atom. The van der Waals surface area contributed by atoms with E-state index in [9.17, 15) is 9.59 Å². The Morgan fingerprint density at radius 2 is 1.95 bits per heavy atom. The number of hydrogen-bond donors (Lipinski definition) is 2. The summed E-state index contributed by atoms with van der Waals surface area (Å²) in [5.41, 5.74) is 0.385. The van der Waals surface area contributed by atoms with Gasteiger partial charge in [-0.15, -0.1) is 0 Å². The van der Waals surface area contributed by atoms with Crippen molar-refractivity contribution in [1.82, 2.24) is 5.32 Å². The molecule has 1 aromatic carbocycles. The van der Waals surface area contributed by atoms with Gasteiger partial charge in [0.1, 0.15) is 5.54 Å². The van der Waals surface area contributed by atoms with Gasteiger partial charge < -0.3 is 10.1 Å². The van der Waals surface area contributed by atoms with Crippen LogP contribution < -0.4 is 10.6 Å². The molecule has 0 aliphatic carbocycles. The number of carbonyl (C=O) groups is 2. The van der Waals surface area contributed by atoms with E-state index in [1.165, 1.54) is 14.0 Å². The zero-order valence-corrected chi connectivity index (χ0v) is 11.7. The molecule has 1 aromatic rings. The lowest BCUT2D eigenvalue weighted by molar-refractivity contribution is -0.149. The summed E-state index contributed by atoms with van der Waals surface area (Å²) in [6, 6.07) is 7.01. The van der Waals surface area contributed by atoms with E-state index in [4.69, 9.17) is 10.00 Å². The van der Waals surface area contributed by atoms with Crippen molar-refractivity contribution in [1.29, 1.82) is 5.26 Å². The van der Waals surface area contributed by atoms with E-state index in [0.717, 1.165) is 5.56 Å². The lowest BCUT2D eigenvalue weighted by atomic mass is 9.92. The van der Waals surface area contributed by atoms with Crippen LogP contribution in [0.4, 0.5) is 5.69 Å². The molecule has 0 radical (unpaired) electrons. The highest BCUT2D eigenvalue weighted by molar-refractivity contribution is 5.87. The van der Waals surface area contributed by atoms with E-state index >= 15 is 0 Å². The normalized spacial score (nSPS) is 12.7. The number of nitrogens with one attached hydrogen (secondary N) is 2. The van der Waals surface area contributed by atoms with E-state index in [1.54, 1.807) is 31.2 Å². The fourth-order valence-corrected chi connectivity index (χ4v) is 1.96. The summed E-state index contributed by atoms with van der Waals surface area (Å²) in [5, 5.41) is 13.6. The van der Waals surface area contributed by atoms with Crippen molar-refractivity contribution in [3.63, 3.8) is 0 Å². The van der Waals surface area contributed by atoms with Crippen LogP contribution in [-0.2, 0) is 20.7 Å². The predicted molar refractivity (Wildman–Crippen MR) is 73.6 cm³/mol. The number of rotatable bonds is 5. The van der Waals surface area contributed by atoms with E-state index in [-0.39, 0.29) is 5.91 Å². The van der Waals surface area contributed by atoms with Crippen LogP contribution in [0.1, 0.15) is 19.4 Å². The summed E-state index contributed by atoms with van der Waals surface area (Å²) in [5.74, 6) is -0.812. The topological polar surface area (TPSA) is 91.2 Å². The first kappa shape index (κ1) is 15.5. The molecule has 0 unspecified atom stereocenters. The number of carbonyl (C=O) groups excluding carboxylic acids is 2. The third kappa shape index (κ3) is 3.99. The first-order valence-corrected chi connectivity index (χ1v) is 6.02. The van der Waals surface area contributed by atoms with Crippen molar-refractivity contribution in [3.05, 3.63) is 29.8 Å². The molecule has 0 spiro atoms. The van der Waals surface area contributed by atoms with E-state index in [1.807, 2.05) is 6.19 Å². The lowest BCUT2D eigenvalue weighted by Gasteiger charge is -2.27. The van der Waals surface area contributed by atoms with Crippen LogP contribution in [0.3, 0.4) is 0 Å². The maximum Gasteiger partial charge on any atom is 0.331 e. The number of nitrogens with zero attached hydrogens (tertiary/aromatic N) is 1. The molecule has 0 aliphatic rings. The van der Waals surface area contributed by atoms with Crippen LogP contribution in [-0.4, -0.2) is 24.5 Å². The third-order valence-electron chi connectivity index (χ3n) is 2.80. The minimum atomic E-state index is -1.12. The number of hydrogen-bond acceptors (Lipinski definition) is 5. The number of ether oxygens (including phenoxy) is 1. The van der Waals surface area contributed by atoms with Crippen LogP contribution in [0.2, 0.25) is 0 Å². The number of anilines is 1. The van der Waals surface area contributed by atoms with Crippen LogP contribution in [0, 0.1) is 11.5 Å². The monoisotopic (exact) mass is 275 g/mol. The summed E-state index contributed by atoms with van der Waals surface area (Å²) in [4.78, 5) is 23.1. The van der Waals surface area contributed by atoms with Gasteiger partial charge in [-0.1, -0.05) is 12.1 Å². The van der Waals surface area contributed by atoms with E-state index in [2.05, 4.69) is 10.6 Å². The largest absolute Gasteiger partial charge is 0.467 e. The summed E-state index contributed by atoms with van der Waals surface area (Å²) >= 11 is 0. The standard InChI is InChI=1S/C14H17N3O3/c1-10(18)17-14(2,13(19)20-3)8-11-4-6-12(7-5-11)16-9-15/h4-7,16H,8H2,1-3H3,(H,17,18)/t14-/m0/s1. The minimum absolute atomic E-state index is 0.298. The Labute approximate surface area is 117 Å². The van der Waals surface area contributed by atoms with Gasteiger partial charge in [-0.25, -0.2) is 4.79 Å². The molecule has 1 atom stereocenters. The summed E-state index contributed by atoms with van der Waals surface area (Å²) < 4.78 is 4.74. The maximum atomic E-state index is 11.9. The number of benzene rings is 1. The van der Waals surface area contributed by atoms with Crippen molar-refractivity contribution in [2.75, 3.05) is 12.4 Å². The molecule has 0 aliphatic heterocycles. The Hall–Kier alpha value is -2.55. The Balaban J connectivity index is 2.92. The van der Waals surface area contributed by atoms with Gasteiger partial charge in [0.25, 0.3) is 0 Å². The second kappa shape index (κ2) is 6.57. The molecule has 1 rings (SSSR count). The molecule has 2 N–H and O–H groups in total. The molecular formula is C14H17N3O3. The van der Waals surface area contributed by atoms with Crippen LogP contribution in [0.25, 0.3) is 0 Å². The number of methoxy groups -OCH3 is 1. The van der Waals surface area contributed by atoms with Gasteiger partial charge >= 0.3 is 5.97 Å². The van der Waals surface area contributed by atoms with Gasteiger partial charge in [-0.3, -0.25) is 10.1 Å². The molecule has 1 amide bonds. The molecule has 0 bridgehead atoms. The quantitative estimate of drug-likeness (QED) is 0.478. The van der Waals surface area contributed by atoms with Crippen molar-refractivity contribution in [2.24, 2.45) is 0 Å². The van der Waals surface area contributed by atoms with Gasteiger partial charge in [0.05, 0.1) is 7.11 Å². The van der Waals surface area contributed by atoms with Gasteiger partial charge in [0.2, 0.25) is 5.91 Å². The molecule has 6 nitrogen and oxygen atoms in total. The smallest absolute Gasteiger partial charge is 0.331 e. The first-order chi connectivity index (χ1) is 9.41. The summed E-state index contributed by atoms with van der Waals surface area (Å²) in [7, 11) is 1.28. The third-order valence-corrected chi connectivity index (χ3v) is 2.80. The zero-order valence-electron chi connectivity index (χ0n) is 11.7. The second-order valence-corrected chi connectivity index (χ2v) is 4.62. The molecule has 0 saturated heterocycles. The van der Waals surface area contributed by atoms with Gasteiger partial charge in [0, 0.05) is 19.0 Å². The first-order valence-electron chi connectivity index (χ1n) is 6.02. The van der Waals surface area contributed by atoms with E-state index in [0.29, 0.717) is 12.1 Å². The summed E-state index contributed by atoms with van der Waals surface area (Å²) in [6.07, 6.45) is 2.12. The molecule has 20 heavy (non-hydrogen) atoms. The molecule has 0 saturated carbocycles. The fourth-order valence-electron chi connectivity index (χ4n) is 1.96. The molecule has 0 fully saturated rings. The van der Waals surface area contributed by atoms with Crippen molar-refractivity contribution in [2.45, 2.75) is 25.8 Å². The average molecular weight is 275 g/mol. The highest BCUT2D eigenvalue weighted by atomic mass is 16.5. The van der Waals surface area contributed by atoms with Crippen molar-refractivity contribution >= 4 is 17.6 Å². The van der Waals surface area contributed by atoms with Gasteiger partial charge in [-0.2, -0.15) is 5.26 Å². The zero-order chi connectivity index (χ0) is 15.2. The molecule has 0 aromatic heterocycles. The molecule has 6 heteroatoms. The highest BCUT2D eigenvalue weighted by Crippen LogP contribution is 2.17. The maximum absolute atomic E-state index is 11.9. The Bertz CT molecular complexity index is 534. The lowest BCUT2D eigenvalue weighted by Crippen LogP contribution is -2.53. The van der Waals surface area contributed by atoms with Crippen molar-refractivity contribution in [3.8, 4) is 6.19 Å². The van der Waals surface area contributed by atoms with Gasteiger partial charge in [-0.05, 0) is 24.6 Å². The minimum Gasteiger partial charge on any atom is -0.467 e. The second-order valence-electron chi connectivity index (χ2n) is 4.62. The van der Waals surface area contributed by atoms with Crippen LogP contribution in [0.15, 0.2) is 24.3 Å². The Morgan fingerprint density at radius 3 is 2.40 bits per heavy atom. The Kier molecular flexibility index (Phi) is 5.09. The molecule has 106 valence electrons. The van der Waals surface area contributed by atoms with Crippen LogP contribution >= 0.6 is 0 Å². The number of amides is 1. The predicted octanol–water partition coefficient (Wildman–Crippen LogP) is 1.19. The fraction of sp³-hybridized carbons (Fsp3) is 0.357. The van der Waals surface area contributed by atoms with Crippen LogP contribution in [0.5, 0.6) is 0 Å². The SMILES string of the molecule is COC(=O)[C@](C)(Cc1ccc(NC#N)cc1)NC(C)=O. The molecule has 0 heterocycles.